The minimum atomic E-state index is 0.631. The van der Waals surface area contributed by atoms with Crippen LogP contribution in [0.4, 0.5) is 0 Å². The van der Waals surface area contributed by atoms with Gasteiger partial charge in [-0.1, -0.05) is 18.2 Å². The molecule has 1 heterocycles. The molecule has 1 aliphatic heterocycles. The Labute approximate surface area is 109 Å². The molecule has 0 aromatic heterocycles. The maximum absolute atomic E-state index is 5.56. The van der Waals surface area contributed by atoms with E-state index in [9.17, 15) is 0 Å². The largest absolute Gasteiger partial charge is 0.491 e. The Kier molecular flexibility index (Phi) is 6.03. The minimum Gasteiger partial charge on any atom is -0.491 e. The smallest absolute Gasteiger partial charge is 0.119 e. The Morgan fingerprint density at radius 1 is 1.11 bits per heavy atom. The molecule has 0 spiro atoms. The van der Waals surface area contributed by atoms with Crippen molar-refractivity contribution in [1.29, 1.82) is 0 Å². The summed E-state index contributed by atoms with van der Waals surface area (Å²) in [7, 11) is 0. The second-order valence-corrected chi connectivity index (χ2v) is 4.71. The fourth-order valence-electron chi connectivity index (χ4n) is 2.27. The van der Waals surface area contributed by atoms with Crippen molar-refractivity contribution in [1.82, 2.24) is 5.32 Å². The third-order valence-corrected chi connectivity index (χ3v) is 3.24. The maximum Gasteiger partial charge on any atom is 0.119 e. The Morgan fingerprint density at radius 3 is 2.78 bits per heavy atom. The molecule has 1 fully saturated rings. The van der Waals surface area contributed by atoms with E-state index in [0.717, 1.165) is 24.8 Å². The lowest BCUT2D eigenvalue weighted by Crippen LogP contribution is -2.21. The lowest BCUT2D eigenvalue weighted by Gasteiger charge is -2.10. The zero-order valence-corrected chi connectivity index (χ0v) is 10.9. The van der Waals surface area contributed by atoms with Gasteiger partial charge in [-0.25, -0.2) is 0 Å². The second kappa shape index (κ2) is 8.11. The Bertz CT molecular complexity index is 310. The molecule has 1 aromatic carbocycles. The molecule has 3 heteroatoms. The highest BCUT2D eigenvalue weighted by Gasteiger charge is 2.12. The first-order valence-electron chi connectivity index (χ1n) is 6.94. The molecule has 1 atom stereocenters. The molecule has 18 heavy (non-hydrogen) atoms. The molecule has 1 saturated heterocycles. The average Bonchev–Trinajstić information content (AvgIpc) is 2.92. The summed E-state index contributed by atoms with van der Waals surface area (Å²) in [6, 6.07) is 10.6. The van der Waals surface area contributed by atoms with Crippen molar-refractivity contribution < 1.29 is 9.47 Å². The summed E-state index contributed by atoms with van der Waals surface area (Å²) < 4.78 is 11.1. The van der Waals surface area contributed by atoms with Crippen LogP contribution in [0, 0.1) is 0 Å². The van der Waals surface area contributed by atoms with E-state index in [1.54, 1.807) is 0 Å². The van der Waals surface area contributed by atoms with E-state index in [2.05, 4.69) is 5.32 Å². The van der Waals surface area contributed by atoms with Gasteiger partial charge in [0.2, 0.25) is 0 Å². The molecule has 2 rings (SSSR count). The summed E-state index contributed by atoms with van der Waals surface area (Å²) in [6.07, 6.45) is 5.04. The van der Waals surface area contributed by atoms with Gasteiger partial charge in [0.25, 0.3) is 0 Å². The van der Waals surface area contributed by atoms with Gasteiger partial charge in [0.05, 0.1) is 6.61 Å². The zero-order chi connectivity index (χ0) is 12.5. The highest BCUT2D eigenvalue weighted by molar-refractivity contribution is 5.20. The maximum atomic E-state index is 5.56. The fraction of sp³-hybridized carbons (Fsp3) is 0.600. The molecule has 0 aliphatic carbocycles. The standard InChI is InChI=1S/C15H23NO2/c1-2-8-15(9-3-1)18-13-12-17-11-5-7-14-6-4-10-16-14/h1-3,8-9,14,16H,4-7,10-13H2. The van der Waals surface area contributed by atoms with Crippen molar-refractivity contribution in [2.75, 3.05) is 26.4 Å². The summed E-state index contributed by atoms with van der Waals surface area (Å²) in [5.41, 5.74) is 0. The molecule has 1 aliphatic rings. The molecule has 0 bridgehead atoms. The number of hydrogen-bond acceptors (Lipinski definition) is 3. The average molecular weight is 249 g/mol. The van der Waals surface area contributed by atoms with Crippen LogP contribution in [0.25, 0.3) is 0 Å². The molecule has 100 valence electrons. The van der Waals surface area contributed by atoms with Crippen molar-refractivity contribution in [3.05, 3.63) is 30.3 Å². The number of hydrogen-bond donors (Lipinski definition) is 1. The van der Waals surface area contributed by atoms with E-state index < -0.39 is 0 Å². The second-order valence-electron chi connectivity index (χ2n) is 4.71. The van der Waals surface area contributed by atoms with Crippen molar-refractivity contribution in [2.45, 2.75) is 31.7 Å². The van der Waals surface area contributed by atoms with E-state index >= 15 is 0 Å². The highest BCUT2D eigenvalue weighted by atomic mass is 16.5. The molecule has 1 N–H and O–H groups in total. The first-order chi connectivity index (χ1) is 8.95. The molecular formula is C15H23NO2. The molecule has 0 radical (unpaired) electrons. The zero-order valence-electron chi connectivity index (χ0n) is 10.9. The van der Waals surface area contributed by atoms with Crippen molar-refractivity contribution >= 4 is 0 Å². The minimum absolute atomic E-state index is 0.631. The Hall–Kier alpha value is -1.06. The molecule has 1 aromatic rings. The summed E-state index contributed by atoms with van der Waals surface area (Å²) in [6.45, 7) is 3.34. The third kappa shape index (κ3) is 5.07. The Morgan fingerprint density at radius 2 is 2.00 bits per heavy atom. The van der Waals surface area contributed by atoms with E-state index in [0.29, 0.717) is 13.2 Å². The van der Waals surface area contributed by atoms with Crippen LogP contribution in [0.1, 0.15) is 25.7 Å². The van der Waals surface area contributed by atoms with Gasteiger partial charge in [0.15, 0.2) is 0 Å². The van der Waals surface area contributed by atoms with Gasteiger partial charge >= 0.3 is 0 Å². The molecule has 3 nitrogen and oxygen atoms in total. The lowest BCUT2D eigenvalue weighted by molar-refractivity contribution is 0.0962. The highest BCUT2D eigenvalue weighted by Crippen LogP contribution is 2.10. The van der Waals surface area contributed by atoms with Crippen LogP contribution in [0.15, 0.2) is 30.3 Å². The van der Waals surface area contributed by atoms with Crippen LogP contribution in [-0.2, 0) is 4.74 Å². The topological polar surface area (TPSA) is 30.5 Å². The number of benzene rings is 1. The van der Waals surface area contributed by atoms with Gasteiger partial charge < -0.3 is 14.8 Å². The predicted molar refractivity (Wildman–Crippen MR) is 73.0 cm³/mol. The van der Waals surface area contributed by atoms with E-state index in [-0.39, 0.29) is 0 Å². The van der Waals surface area contributed by atoms with E-state index in [1.165, 1.54) is 25.8 Å². The van der Waals surface area contributed by atoms with Crippen LogP contribution in [-0.4, -0.2) is 32.4 Å². The van der Waals surface area contributed by atoms with Crippen LogP contribution in [0.5, 0.6) is 5.75 Å². The first-order valence-corrected chi connectivity index (χ1v) is 6.94. The van der Waals surface area contributed by atoms with Gasteiger partial charge in [0, 0.05) is 12.6 Å². The summed E-state index contributed by atoms with van der Waals surface area (Å²) in [4.78, 5) is 0. The van der Waals surface area contributed by atoms with E-state index in [1.807, 2.05) is 30.3 Å². The van der Waals surface area contributed by atoms with Crippen LogP contribution in [0.3, 0.4) is 0 Å². The molecule has 0 amide bonds. The fourth-order valence-corrected chi connectivity index (χ4v) is 2.27. The van der Waals surface area contributed by atoms with Crippen LogP contribution >= 0.6 is 0 Å². The lowest BCUT2D eigenvalue weighted by atomic mass is 10.1. The van der Waals surface area contributed by atoms with Crippen LogP contribution < -0.4 is 10.1 Å². The Balaban J connectivity index is 1.42. The predicted octanol–water partition coefficient (Wildman–Crippen LogP) is 2.61. The first kappa shape index (κ1) is 13.4. The van der Waals surface area contributed by atoms with Crippen LogP contribution in [0.2, 0.25) is 0 Å². The number of para-hydroxylation sites is 1. The molecular weight excluding hydrogens is 226 g/mol. The molecule has 0 saturated carbocycles. The van der Waals surface area contributed by atoms with Gasteiger partial charge in [-0.15, -0.1) is 0 Å². The van der Waals surface area contributed by atoms with Gasteiger partial charge in [-0.3, -0.25) is 0 Å². The van der Waals surface area contributed by atoms with Gasteiger partial charge in [-0.05, 0) is 44.4 Å². The van der Waals surface area contributed by atoms with Crippen molar-refractivity contribution in [3.8, 4) is 5.75 Å². The van der Waals surface area contributed by atoms with E-state index in [4.69, 9.17) is 9.47 Å². The summed E-state index contributed by atoms with van der Waals surface area (Å²) in [5, 5.41) is 3.50. The summed E-state index contributed by atoms with van der Waals surface area (Å²) in [5.74, 6) is 0.913. The number of nitrogens with one attached hydrogen (secondary N) is 1. The number of ether oxygens (including phenoxy) is 2. The van der Waals surface area contributed by atoms with Gasteiger partial charge in [-0.2, -0.15) is 0 Å². The van der Waals surface area contributed by atoms with Crippen molar-refractivity contribution in [2.24, 2.45) is 0 Å². The molecule has 1 unspecified atom stereocenters. The quantitative estimate of drug-likeness (QED) is 0.718. The monoisotopic (exact) mass is 249 g/mol. The number of rotatable bonds is 8. The normalized spacial score (nSPS) is 19.0. The summed E-state index contributed by atoms with van der Waals surface area (Å²) >= 11 is 0. The van der Waals surface area contributed by atoms with Gasteiger partial charge in [0.1, 0.15) is 12.4 Å². The third-order valence-electron chi connectivity index (χ3n) is 3.24. The SMILES string of the molecule is c1ccc(OCCOCCCC2CCCN2)cc1. The van der Waals surface area contributed by atoms with Crippen molar-refractivity contribution in [3.63, 3.8) is 0 Å².